The maximum Gasteiger partial charge on any atom is 0.0248 e. The van der Waals surface area contributed by atoms with Crippen LogP contribution in [-0.4, -0.2) is 11.3 Å². The van der Waals surface area contributed by atoms with E-state index in [2.05, 4.69) is 42.8 Å². The quantitative estimate of drug-likeness (QED) is 0.435. The summed E-state index contributed by atoms with van der Waals surface area (Å²) in [7, 11) is -0.0894. The zero-order chi connectivity index (χ0) is 15.2. The van der Waals surface area contributed by atoms with Crippen molar-refractivity contribution in [1.29, 1.82) is 0 Å². The Balaban J connectivity index is 1.76. The summed E-state index contributed by atoms with van der Waals surface area (Å²) in [6.07, 6.45) is 14.5. The zero-order valence-corrected chi connectivity index (χ0v) is 14.9. The minimum absolute atomic E-state index is 0.0894. The molecule has 0 N–H and O–H groups in total. The molecule has 0 bridgehead atoms. The summed E-state index contributed by atoms with van der Waals surface area (Å²) in [6.45, 7) is 2.15. The predicted molar refractivity (Wildman–Crippen MR) is 98.7 cm³/mol. The summed E-state index contributed by atoms with van der Waals surface area (Å²) < 4.78 is 0. The van der Waals surface area contributed by atoms with Crippen LogP contribution in [0.4, 0.5) is 0 Å². The van der Waals surface area contributed by atoms with Gasteiger partial charge in [0.15, 0.2) is 0 Å². The third-order valence-electron chi connectivity index (χ3n) is 5.32. The minimum Gasteiger partial charge on any atom is -0.0707 e. The largest absolute Gasteiger partial charge is 0.0707 e. The number of hydrogen-bond acceptors (Lipinski definition) is 0. The van der Waals surface area contributed by atoms with Crippen LogP contribution in [0.3, 0.4) is 0 Å². The zero-order valence-electron chi connectivity index (χ0n) is 14.0. The number of benzene rings is 1. The number of aryl methyl sites for hydroxylation is 1. The Labute approximate surface area is 137 Å². The van der Waals surface area contributed by atoms with Crippen LogP contribution >= 0.6 is 7.92 Å². The smallest absolute Gasteiger partial charge is 0.0248 e. The van der Waals surface area contributed by atoms with Crippen molar-refractivity contribution in [3.8, 4) is 11.6 Å². The van der Waals surface area contributed by atoms with Gasteiger partial charge in [0.2, 0.25) is 0 Å². The molecule has 0 aliphatic heterocycles. The molecule has 0 amide bonds. The Morgan fingerprint density at radius 2 is 1.27 bits per heavy atom. The Morgan fingerprint density at radius 3 is 1.77 bits per heavy atom. The highest BCUT2D eigenvalue weighted by molar-refractivity contribution is 7.64. The molecule has 0 radical (unpaired) electrons. The van der Waals surface area contributed by atoms with Crippen LogP contribution in [0.2, 0.25) is 0 Å². The lowest BCUT2D eigenvalue weighted by atomic mass is 9.99. The van der Waals surface area contributed by atoms with E-state index < -0.39 is 0 Å². The molecule has 0 unspecified atom stereocenters. The van der Waals surface area contributed by atoms with Gasteiger partial charge in [-0.2, -0.15) is 0 Å². The van der Waals surface area contributed by atoms with Gasteiger partial charge in [-0.3, -0.25) is 0 Å². The van der Waals surface area contributed by atoms with E-state index in [0.717, 1.165) is 11.3 Å². The summed E-state index contributed by atoms with van der Waals surface area (Å²) in [5.74, 6) is 3.55. The Bertz CT molecular complexity index is 489. The van der Waals surface area contributed by atoms with E-state index in [0.29, 0.717) is 0 Å². The maximum absolute atomic E-state index is 3.81. The Hall–Kier alpha value is -0.790. The van der Waals surface area contributed by atoms with Gasteiger partial charge in [0.05, 0.1) is 0 Å². The van der Waals surface area contributed by atoms with E-state index in [9.17, 15) is 0 Å². The van der Waals surface area contributed by atoms with E-state index in [1.807, 2.05) is 0 Å². The second-order valence-corrected chi connectivity index (χ2v) is 9.59. The molecule has 2 aliphatic carbocycles. The van der Waals surface area contributed by atoms with Crippen molar-refractivity contribution in [2.24, 2.45) is 0 Å². The first-order chi connectivity index (χ1) is 10.8. The number of hydrogen-bond donors (Lipinski definition) is 0. The van der Waals surface area contributed by atoms with E-state index >= 15 is 0 Å². The van der Waals surface area contributed by atoms with Gasteiger partial charge < -0.3 is 0 Å². The van der Waals surface area contributed by atoms with Crippen molar-refractivity contribution in [2.75, 3.05) is 0 Å². The molecule has 2 saturated carbocycles. The summed E-state index contributed by atoms with van der Waals surface area (Å²) >= 11 is 0. The van der Waals surface area contributed by atoms with Gasteiger partial charge in [-0.1, -0.05) is 67.8 Å². The highest BCUT2D eigenvalue weighted by atomic mass is 31.1. The molecule has 0 nitrogen and oxygen atoms in total. The molecule has 0 aromatic heterocycles. The molecule has 1 aromatic carbocycles. The van der Waals surface area contributed by atoms with Crippen molar-refractivity contribution < 1.29 is 0 Å². The molecule has 0 spiro atoms. The van der Waals surface area contributed by atoms with Crippen LogP contribution in [0, 0.1) is 18.5 Å². The molecule has 0 heterocycles. The molecule has 1 aromatic rings. The molecule has 118 valence electrons. The second kappa shape index (κ2) is 8.17. The molecule has 3 rings (SSSR count). The molecule has 22 heavy (non-hydrogen) atoms. The van der Waals surface area contributed by atoms with Gasteiger partial charge in [-0.15, -0.1) is 0 Å². The van der Waals surface area contributed by atoms with E-state index in [4.69, 9.17) is 0 Å². The fourth-order valence-electron chi connectivity index (χ4n) is 3.97. The SMILES string of the molecule is Cc1ccc(C#CP(C2CCCCC2)C2CCCCC2)cc1. The van der Waals surface area contributed by atoms with Crippen LogP contribution in [0.1, 0.15) is 75.3 Å². The molecule has 0 saturated heterocycles. The van der Waals surface area contributed by atoms with Crippen LogP contribution < -0.4 is 0 Å². The highest BCUT2D eigenvalue weighted by Crippen LogP contribution is 2.54. The first kappa shape index (κ1) is 16.1. The molecule has 0 atom stereocenters. The fourth-order valence-corrected chi connectivity index (χ4v) is 7.03. The van der Waals surface area contributed by atoms with E-state index in [1.54, 1.807) is 0 Å². The molecular formula is C21H29P. The Kier molecular flexibility index (Phi) is 5.97. The lowest BCUT2D eigenvalue weighted by molar-refractivity contribution is 0.487. The molecule has 1 heteroatoms. The van der Waals surface area contributed by atoms with Gasteiger partial charge in [0.1, 0.15) is 0 Å². The van der Waals surface area contributed by atoms with Gasteiger partial charge in [-0.25, -0.2) is 0 Å². The fraction of sp³-hybridized carbons (Fsp3) is 0.619. The van der Waals surface area contributed by atoms with Crippen molar-refractivity contribution >= 4 is 7.92 Å². The van der Waals surface area contributed by atoms with Crippen molar-refractivity contribution in [1.82, 2.24) is 0 Å². The maximum atomic E-state index is 3.81. The minimum atomic E-state index is -0.0894. The molecular weight excluding hydrogens is 283 g/mol. The van der Waals surface area contributed by atoms with Crippen molar-refractivity contribution in [2.45, 2.75) is 82.4 Å². The lowest BCUT2D eigenvalue weighted by Crippen LogP contribution is -2.19. The first-order valence-corrected chi connectivity index (χ1v) is 10.7. The third kappa shape index (κ3) is 4.36. The normalized spacial score (nSPS) is 20.6. The highest BCUT2D eigenvalue weighted by Gasteiger charge is 2.29. The summed E-state index contributed by atoms with van der Waals surface area (Å²) in [5, 5.41) is 0. The second-order valence-electron chi connectivity index (χ2n) is 7.09. The van der Waals surface area contributed by atoms with Crippen LogP contribution in [0.5, 0.6) is 0 Å². The first-order valence-electron chi connectivity index (χ1n) is 9.19. The van der Waals surface area contributed by atoms with Crippen molar-refractivity contribution in [3.63, 3.8) is 0 Å². The van der Waals surface area contributed by atoms with Crippen molar-refractivity contribution in [3.05, 3.63) is 35.4 Å². The topological polar surface area (TPSA) is 0 Å². The summed E-state index contributed by atoms with van der Waals surface area (Å²) in [6, 6.07) is 8.76. The summed E-state index contributed by atoms with van der Waals surface area (Å²) in [4.78, 5) is 0. The van der Waals surface area contributed by atoms with Gasteiger partial charge in [-0.05, 0) is 64.0 Å². The predicted octanol–water partition coefficient (Wildman–Crippen LogP) is 6.45. The van der Waals surface area contributed by atoms with Crippen LogP contribution in [0.25, 0.3) is 0 Å². The van der Waals surface area contributed by atoms with Gasteiger partial charge in [0, 0.05) is 5.56 Å². The van der Waals surface area contributed by atoms with E-state index in [1.165, 1.54) is 75.3 Å². The standard InChI is InChI=1S/C21H29P/c1-18-12-14-19(15-13-18)16-17-22(20-8-4-2-5-9-20)21-10-6-3-7-11-21/h12-15,20-21H,2-11H2,1H3. The average Bonchev–Trinajstić information content (AvgIpc) is 2.59. The van der Waals surface area contributed by atoms with Crippen LogP contribution in [-0.2, 0) is 0 Å². The Morgan fingerprint density at radius 1 is 0.773 bits per heavy atom. The van der Waals surface area contributed by atoms with E-state index in [-0.39, 0.29) is 7.92 Å². The summed E-state index contributed by atoms with van der Waals surface area (Å²) in [5.41, 5.74) is 8.22. The van der Waals surface area contributed by atoms with Gasteiger partial charge in [0.25, 0.3) is 0 Å². The molecule has 2 fully saturated rings. The monoisotopic (exact) mass is 312 g/mol. The van der Waals surface area contributed by atoms with Crippen LogP contribution in [0.15, 0.2) is 24.3 Å². The average molecular weight is 312 g/mol. The lowest BCUT2D eigenvalue weighted by Gasteiger charge is -2.34. The molecule has 2 aliphatic rings. The number of rotatable bonds is 2. The third-order valence-corrected chi connectivity index (χ3v) is 8.29. The van der Waals surface area contributed by atoms with Gasteiger partial charge >= 0.3 is 0 Å².